The summed E-state index contributed by atoms with van der Waals surface area (Å²) in [6.07, 6.45) is -5.36. The highest BCUT2D eigenvalue weighted by molar-refractivity contribution is 9.10. The van der Waals surface area contributed by atoms with Crippen LogP contribution in [0.15, 0.2) is 16.6 Å². The molecule has 1 atom stereocenters. The summed E-state index contributed by atoms with van der Waals surface area (Å²) in [5.74, 6) is 0.931. The first-order chi connectivity index (χ1) is 8.78. The van der Waals surface area contributed by atoms with Crippen LogP contribution in [0.3, 0.4) is 0 Å². The number of rotatable bonds is 5. The summed E-state index contributed by atoms with van der Waals surface area (Å²) in [6, 6.07) is 2.45. The molecule has 0 aromatic heterocycles. The van der Waals surface area contributed by atoms with E-state index >= 15 is 0 Å². The van der Waals surface area contributed by atoms with Crippen molar-refractivity contribution in [1.82, 2.24) is 0 Å². The maximum atomic E-state index is 12.2. The summed E-state index contributed by atoms with van der Waals surface area (Å²) < 4.78 is 47.5. The SMILES string of the molecule is COc1cc([C@H](N)CCC(F)(F)F)c(OC)cc1Br.Cl. The van der Waals surface area contributed by atoms with Crippen LogP contribution in [-0.2, 0) is 0 Å². The minimum atomic E-state index is -4.22. The first-order valence-electron chi connectivity index (χ1n) is 5.52. The predicted octanol–water partition coefficient (Wildman–Crippen LogP) is 4.23. The van der Waals surface area contributed by atoms with Gasteiger partial charge in [0.25, 0.3) is 0 Å². The van der Waals surface area contributed by atoms with Crippen LogP contribution in [0, 0.1) is 0 Å². The number of methoxy groups -OCH3 is 2. The Morgan fingerprint density at radius 2 is 1.75 bits per heavy atom. The fraction of sp³-hybridized carbons (Fsp3) is 0.500. The van der Waals surface area contributed by atoms with Gasteiger partial charge >= 0.3 is 6.18 Å². The average Bonchev–Trinajstić information content (AvgIpc) is 2.34. The molecule has 0 heterocycles. The highest BCUT2D eigenvalue weighted by atomic mass is 79.9. The van der Waals surface area contributed by atoms with Crippen LogP contribution in [0.4, 0.5) is 13.2 Å². The van der Waals surface area contributed by atoms with E-state index in [4.69, 9.17) is 15.2 Å². The molecule has 0 aliphatic carbocycles. The molecule has 1 rings (SSSR count). The molecule has 0 saturated heterocycles. The largest absolute Gasteiger partial charge is 0.496 e. The molecule has 1 aromatic carbocycles. The molecule has 0 saturated carbocycles. The summed E-state index contributed by atoms with van der Waals surface area (Å²) in [5, 5.41) is 0. The summed E-state index contributed by atoms with van der Waals surface area (Å²) in [4.78, 5) is 0. The molecule has 0 amide bonds. The van der Waals surface area contributed by atoms with Gasteiger partial charge in [0.05, 0.1) is 18.7 Å². The Morgan fingerprint density at radius 3 is 2.20 bits per heavy atom. The van der Waals surface area contributed by atoms with Gasteiger partial charge in [-0.2, -0.15) is 13.2 Å². The lowest BCUT2D eigenvalue weighted by molar-refractivity contribution is -0.136. The highest BCUT2D eigenvalue weighted by Gasteiger charge is 2.28. The highest BCUT2D eigenvalue weighted by Crippen LogP contribution is 2.37. The molecule has 3 nitrogen and oxygen atoms in total. The summed E-state index contributed by atoms with van der Waals surface area (Å²) >= 11 is 3.28. The third-order valence-corrected chi connectivity index (χ3v) is 3.26. The van der Waals surface area contributed by atoms with Crippen molar-refractivity contribution in [3.8, 4) is 11.5 Å². The zero-order valence-corrected chi connectivity index (χ0v) is 13.4. The van der Waals surface area contributed by atoms with E-state index in [9.17, 15) is 13.2 Å². The zero-order valence-electron chi connectivity index (χ0n) is 11.0. The van der Waals surface area contributed by atoms with Gasteiger partial charge in [-0.25, -0.2) is 0 Å². The lowest BCUT2D eigenvalue weighted by atomic mass is 10.0. The Hall–Kier alpha value is -0.660. The fourth-order valence-corrected chi connectivity index (χ4v) is 2.13. The number of alkyl halides is 3. The standard InChI is InChI=1S/C12H15BrF3NO2.ClH/c1-18-10-6-8(13)11(19-2)5-7(10)9(17)3-4-12(14,15)16;/h5-6,9H,3-4,17H2,1-2H3;1H/t9-;/m1./s1. The van der Waals surface area contributed by atoms with Crippen molar-refractivity contribution in [2.24, 2.45) is 5.73 Å². The molecule has 20 heavy (non-hydrogen) atoms. The molecule has 2 N–H and O–H groups in total. The first-order valence-corrected chi connectivity index (χ1v) is 6.31. The van der Waals surface area contributed by atoms with Crippen molar-refractivity contribution in [3.63, 3.8) is 0 Å². The van der Waals surface area contributed by atoms with Crippen molar-refractivity contribution < 1.29 is 22.6 Å². The molecule has 0 spiro atoms. The van der Waals surface area contributed by atoms with Crippen molar-refractivity contribution in [3.05, 3.63) is 22.2 Å². The van der Waals surface area contributed by atoms with Crippen molar-refractivity contribution in [2.45, 2.75) is 25.1 Å². The minimum Gasteiger partial charge on any atom is -0.496 e. The molecule has 8 heteroatoms. The van der Waals surface area contributed by atoms with Gasteiger partial charge in [0.15, 0.2) is 0 Å². The van der Waals surface area contributed by atoms with Crippen LogP contribution in [-0.4, -0.2) is 20.4 Å². The van der Waals surface area contributed by atoms with E-state index in [0.29, 0.717) is 21.5 Å². The van der Waals surface area contributed by atoms with Crippen LogP contribution in [0.2, 0.25) is 0 Å². The monoisotopic (exact) mass is 377 g/mol. The number of hydrogen-bond donors (Lipinski definition) is 1. The van der Waals surface area contributed by atoms with E-state index in [1.54, 1.807) is 12.1 Å². The zero-order chi connectivity index (χ0) is 14.6. The topological polar surface area (TPSA) is 44.5 Å². The third kappa shape index (κ3) is 5.38. The molecule has 1 aromatic rings. The molecule has 0 aliphatic heterocycles. The van der Waals surface area contributed by atoms with Gasteiger partial charge in [0.1, 0.15) is 11.5 Å². The quantitative estimate of drug-likeness (QED) is 0.834. The molecule has 0 fully saturated rings. The van der Waals surface area contributed by atoms with E-state index in [-0.39, 0.29) is 18.8 Å². The van der Waals surface area contributed by atoms with Crippen LogP contribution in [0.1, 0.15) is 24.4 Å². The van der Waals surface area contributed by atoms with Gasteiger partial charge in [0.2, 0.25) is 0 Å². The van der Waals surface area contributed by atoms with E-state index in [1.165, 1.54) is 14.2 Å². The van der Waals surface area contributed by atoms with Crippen molar-refractivity contribution >= 4 is 28.3 Å². The lowest BCUT2D eigenvalue weighted by Crippen LogP contribution is -2.16. The minimum absolute atomic E-state index is 0. The third-order valence-electron chi connectivity index (χ3n) is 2.64. The van der Waals surface area contributed by atoms with Gasteiger partial charge in [-0.05, 0) is 34.5 Å². The molecule has 116 valence electrons. The van der Waals surface area contributed by atoms with Crippen LogP contribution >= 0.6 is 28.3 Å². The smallest absolute Gasteiger partial charge is 0.389 e. The van der Waals surface area contributed by atoms with Crippen LogP contribution < -0.4 is 15.2 Å². The van der Waals surface area contributed by atoms with Crippen LogP contribution in [0.25, 0.3) is 0 Å². The Balaban J connectivity index is 0.00000361. The predicted molar refractivity (Wildman–Crippen MR) is 76.7 cm³/mol. The number of halogens is 5. The molecular weight excluding hydrogens is 362 g/mol. The van der Waals surface area contributed by atoms with Gasteiger partial charge < -0.3 is 15.2 Å². The van der Waals surface area contributed by atoms with Gasteiger partial charge in [-0.3, -0.25) is 0 Å². The first kappa shape index (κ1) is 19.3. The summed E-state index contributed by atoms with van der Waals surface area (Å²) in [5.41, 5.74) is 6.29. The molecule has 0 aliphatic rings. The Labute approximate surface area is 130 Å². The number of benzene rings is 1. The normalized spacial score (nSPS) is 12.6. The van der Waals surface area contributed by atoms with Gasteiger partial charge in [0, 0.05) is 18.0 Å². The van der Waals surface area contributed by atoms with E-state index in [2.05, 4.69) is 15.9 Å². The second-order valence-corrected chi connectivity index (χ2v) is 4.84. The van der Waals surface area contributed by atoms with Crippen LogP contribution in [0.5, 0.6) is 11.5 Å². The van der Waals surface area contributed by atoms with Crippen molar-refractivity contribution in [2.75, 3.05) is 14.2 Å². The summed E-state index contributed by atoms with van der Waals surface area (Å²) in [7, 11) is 2.91. The summed E-state index contributed by atoms with van der Waals surface area (Å²) in [6.45, 7) is 0. The second kappa shape index (κ2) is 7.95. The fourth-order valence-electron chi connectivity index (χ4n) is 1.65. The molecular formula is C12H16BrClF3NO2. The number of nitrogens with two attached hydrogens (primary N) is 1. The maximum absolute atomic E-state index is 12.2. The van der Waals surface area contributed by atoms with E-state index < -0.39 is 18.6 Å². The Kier molecular flexibility index (Phi) is 7.69. The molecule has 0 radical (unpaired) electrons. The Morgan fingerprint density at radius 1 is 1.20 bits per heavy atom. The van der Waals surface area contributed by atoms with E-state index in [1.807, 2.05) is 0 Å². The molecule has 0 bridgehead atoms. The van der Waals surface area contributed by atoms with Gasteiger partial charge in [-0.15, -0.1) is 12.4 Å². The number of hydrogen-bond acceptors (Lipinski definition) is 3. The lowest BCUT2D eigenvalue weighted by Gasteiger charge is -2.18. The molecule has 0 unspecified atom stereocenters. The van der Waals surface area contributed by atoms with Gasteiger partial charge in [-0.1, -0.05) is 0 Å². The number of ether oxygens (including phenoxy) is 2. The second-order valence-electron chi connectivity index (χ2n) is 3.99. The maximum Gasteiger partial charge on any atom is 0.389 e. The van der Waals surface area contributed by atoms with Crippen molar-refractivity contribution in [1.29, 1.82) is 0 Å². The van der Waals surface area contributed by atoms with E-state index in [0.717, 1.165) is 0 Å². The average molecular weight is 379 g/mol. The Bertz CT molecular complexity index is 443.